The molecule has 0 bridgehead atoms. The second-order valence-corrected chi connectivity index (χ2v) is 6.45. The van der Waals surface area contributed by atoms with Gasteiger partial charge in [-0.25, -0.2) is 0 Å². The normalized spacial score (nSPS) is 11.7. The number of fused-ring (bicyclic) bond motifs is 1. The first-order valence-electron chi connectivity index (χ1n) is 9.07. The van der Waals surface area contributed by atoms with E-state index in [1.807, 2.05) is 30.3 Å². The molecule has 0 saturated carbocycles. The summed E-state index contributed by atoms with van der Waals surface area (Å²) in [6.07, 6.45) is -0.930. The molecule has 0 aliphatic carbocycles. The van der Waals surface area contributed by atoms with Gasteiger partial charge >= 0.3 is 11.9 Å². The average molecular weight is 395 g/mol. The molecule has 0 spiro atoms. The first-order valence-corrected chi connectivity index (χ1v) is 9.07. The standard InChI is InChI=1S/C22H21NO6/c1-14(24)28-18(12-21(25)27-2)13-23-22(26)16-9-7-15(8-10-16)20-11-17-5-3-4-6-19(17)29-20/h3-11,18H,12-13H2,1-2H3,(H,23,26)/t18-/m0/s1. The van der Waals surface area contributed by atoms with Crippen LogP contribution in [0.3, 0.4) is 0 Å². The summed E-state index contributed by atoms with van der Waals surface area (Å²) in [6.45, 7) is 1.24. The number of nitrogens with one attached hydrogen (secondary N) is 1. The van der Waals surface area contributed by atoms with Crippen LogP contribution in [0.5, 0.6) is 0 Å². The van der Waals surface area contributed by atoms with E-state index in [0.29, 0.717) is 11.3 Å². The van der Waals surface area contributed by atoms with E-state index in [4.69, 9.17) is 9.15 Å². The summed E-state index contributed by atoms with van der Waals surface area (Å²) in [5.74, 6) is -0.696. The largest absolute Gasteiger partial charge is 0.469 e. The first-order chi connectivity index (χ1) is 14.0. The number of methoxy groups -OCH3 is 1. The molecule has 29 heavy (non-hydrogen) atoms. The molecule has 1 heterocycles. The van der Waals surface area contributed by atoms with Crippen LogP contribution in [0, 0.1) is 0 Å². The van der Waals surface area contributed by atoms with Gasteiger partial charge in [-0.1, -0.05) is 30.3 Å². The molecule has 1 N–H and O–H groups in total. The third-order valence-corrected chi connectivity index (χ3v) is 4.30. The number of hydrogen-bond donors (Lipinski definition) is 1. The predicted octanol–water partition coefficient (Wildman–Crippen LogP) is 3.32. The molecule has 150 valence electrons. The summed E-state index contributed by atoms with van der Waals surface area (Å²) in [5, 5.41) is 3.67. The molecule has 7 heteroatoms. The van der Waals surface area contributed by atoms with Crippen molar-refractivity contribution in [1.29, 1.82) is 0 Å². The van der Waals surface area contributed by atoms with Crippen molar-refractivity contribution in [3.05, 3.63) is 60.2 Å². The van der Waals surface area contributed by atoms with E-state index >= 15 is 0 Å². The lowest BCUT2D eigenvalue weighted by atomic mass is 10.1. The van der Waals surface area contributed by atoms with Gasteiger partial charge in [0.15, 0.2) is 0 Å². The van der Waals surface area contributed by atoms with Gasteiger partial charge in [-0.2, -0.15) is 0 Å². The van der Waals surface area contributed by atoms with Crippen LogP contribution in [-0.2, 0) is 19.1 Å². The highest BCUT2D eigenvalue weighted by molar-refractivity contribution is 5.94. The Hall–Kier alpha value is -3.61. The van der Waals surface area contributed by atoms with Crippen molar-refractivity contribution in [3.8, 4) is 11.3 Å². The lowest BCUT2D eigenvalue weighted by Crippen LogP contribution is -2.36. The van der Waals surface area contributed by atoms with Crippen LogP contribution in [0.15, 0.2) is 59.0 Å². The van der Waals surface area contributed by atoms with Crippen molar-refractivity contribution in [3.63, 3.8) is 0 Å². The highest BCUT2D eigenvalue weighted by Crippen LogP contribution is 2.27. The van der Waals surface area contributed by atoms with Crippen molar-refractivity contribution >= 4 is 28.8 Å². The molecule has 7 nitrogen and oxygen atoms in total. The third kappa shape index (κ3) is 5.22. The Morgan fingerprint density at radius 3 is 2.45 bits per heavy atom. The smallest absolute Gasteiger partial charge is 0.309 e. The number of carbonyl (C=O) groups excluding carboxylic acids is 3. The van der Waals surface area contributed by atoms with Gasteiger partial charge in [0.2, 0.25) is 0 Å². The third-order valence-electron chi connectivity index (χ3n) is 4.30. The number of rotatable bonds is 7. The molecule has 0 aliphatic heterocycles. The minimum Gasteiger partial charge on any atom is -0.469 e. The number of hydrogen-bond acceptors (Lipinski definition) is 6. The number of para-hydroxylation sites is 1. The van der Waals surface area contributed by atoms with Gasteiger partial charge in [-0.3, -0.25) is 14.4 Å². The second kappa shape index (κ2) is 9.05. The van der Waals surface area contributed by atoms with E-state index in [9.17, 15) is 14.4 Å². The number of carbonyl (C=O) groups is 3. The Bertz CT molecular complexity index is 988. The van der Waals surface area contributed by atoms with Crippen molar-refractivity contribution in [2.45, 2.75) is 19.4 Å². The number of benzene rings is 2. The molecule has 1 atom stereocenters. The summed E-state index contributed by atoms with van der Waals surface area (Å²) in [6, 6.07) is 16.6. The van der Waals surface area contributed by atoms with Crippen LogP contribution in [-0.4, -0.2) is 37.6 Å². The Morgan fingerprint density at radius 1 is 1.07 bits per heavy atom. The van der Waals surface area contributed by atoms with Gasteiger partial charge in [-0.05, 0) is 24.3 Å². The van der Waals surface area contributed by atoms with Crippen molar-refractivity contribution in [2.24, 2.45) is 0 Å². The number of esters is 2. The highest BCUT2D eigenvalue weighted by atomic mass is 16.6. The van der Waals surface area contributed by atoms with Crippen molar-refractivity contribution < 1.29 is 28.3 Å². The SMILES string of the molecule is COC(=O)C[C@@H](CNC(=O)c1ccc(-c2cc3ccccc3o2)cc1)OC(C)=O. The fourth-order valence-electron chi connectivity index (χ4n) is 2.88. The molecule has 2 aromatic carbocycles. The second-order valence-electron chi connectivity index (χ2n) is 6.45. The molecule has 3 rings (SSSR count). The number of furan rings is 1. The summed E-state index contributed by atoms with van der Waals surface area (Å²) >= 11 is 0. The van der Waals surface area contributed by atoms with Gasteiger partial charge < -0.3 is 19.2 Å². The van der Waals surface area contributed by atoms with E-state index in [2.05, 4.69) is 10.1 Å². The molecule has 1 amide bonds. The highest BCUT2D eigenvalue weighted by Gasteiger charge is 2.19. The molecular formula is C22H21NO6. The van der Waals surface area contributed by atoms with E-state index in [1.54, 1.807) is 24.3 Å². The fraction of sp³-hybridized carbons (Fsp3) is 0.227. The van der Waals surface area contributed by atoms with Gasteiger partial charge in [0.05, 0.1) is 20.1 Å². The Balaban J connectivity index is 1.64. The van der Waals surface area contributed by atoms with Gasteiger partial charge in [0.25, 0.3) is 5.91 Å². The number of ether oxygens (including phenoxy) is 2. The van der Waals surface area contributed by atoms with Crippen LogP contribution in [0.25, 0.3) is 22.3 Å². The molecule has 0 saturated heterocycles. The Kier molecular flexibility index (Phi) is 6.29. The maximum atomic E-state index is 12.4. The predicted molar refractivity (Wildman–Crippen MR) is 106 cm³/mol. The molecule has 0 unspecified atom stereocenters. The van der Waals surface area contributed by atoms with Crippen LogP contribution in [0.1, 0.15) is 23.7 Å². The van der Waals surface area contributed by atoms with E-state index in [1.165, 1.54) is 14.0 Å². The summed E-state index contributed by atoms with van der Waals surface area (Å²) in [7, 11) is 1.25. The Morgan fingerprint density at radius 2 is 1.79 bits per heavy atom. The zero-order valence-electron chi connectivity index (χ0n) is 16.1. The van der Waals surface area contributed by atoms with Crippen LogP contribution >= 0.6 is 0 Å². The molecule has 3 aromatic rings. The molecule has 0 aliphatic rings. The van der Waals surface area contributed by atoms with E-state index < -0.39 is 18.0 Å². The molecule has 0 fully saturated rings. The number of amides is 1. The van der Waals surface area contributed by atoms with Gasteiger partial charge in [-0.15, -0.1) is 0 Å². The zero-order valence-corrected chi connectivity index (χ0v) is 16.1. The van der Waals surface area contributed by atoms with Crippen LogP contribution in [0.2, 0.25) is 0 Å². The molecular weight excluding hydrogens is 374 g/mol. The van der Waals surface area contributed by atoms with Gasteiger partial charge in [0.1, 0.15) is 17.4 Å². The minimum absolute atomic E-state index is 0.00115. The molecule has 1 aromatic heterocycles. The average Bonchev–Trinajstić information content (AvgIpc) is 3.15. The molecule has 0 radical (unpaired) electrons. The zero-order chi connectivity index (χ0) is 20.8. The van der Waals surface area contributed by atoms with Gasteiger partial charge in [0, 0.05) is 23.4 Å². The topological polar surface area (TPSA) is 94.8 Å². The van der Waals surface area contributed by atoms with Crippen molar-refractivity contribution in [2.75, 3.05) is 13.7 Å². The fourth-order valence-corrected chi connectivity index (χ4v) is 2.88. The van der Waals surface area contributed by atoms with Crippen LogP contribution < -0.4 is 5.32 Å². The van der Waals surface area contributed by atoms with E-state index in [0.717, 1.165) is 16.5 Å². The summed E-state index contributed by atoms with van der Waals surface area (Å²) in [5.41, 5.74) is 2.08. The maximum absolute atomic E-state index is 12.4. The van der Waals surface area contributed by atoms with E-state index in [-0.39, 0.29) is 18.9 Å². The quantitative estimate of drug-likeness (QED) is 0.617. The lowest BCUT2D eigenvalue weighted by molar-refractivity contribution is -0.151. The van der Waals surface area contributed by atoms with Crippen molar-refractivity contribution in [1.82, 2.24) is 5.32 Å². The van der Waals surface area contributed by atoms with Crippen LogP contribution in [0.4, 0.5) is 0 Å². The monoisotopic (exact) mass is 395 g/mol. The lowest BCUT2D eigenvalue weighted by Gasteiger charge is -2.16. The maximum Gasteiger partial charge on any atom is 0.309 e. The Labute approximate surface area is 167 Å². The first kappa shape index (κ1) is 20.1. The summed E-state index contributed by atoms with van der Waals surface area (Å²) < 4.78 is 15.5. The summed E-state index contributed by atoms with van der Waals surface area (Å²) in [4.78, 5) is 35.0. The minimum atomic E-state index is -0.793.